The molecule has 1 atom stereocenters. The van der Waals surface area contributed by atoms with Crippen LogP contribution in [0.25, 0.3) is 0 Å². The van der Waals surface area contributed by atoms with Gasteiger partial charge in [0.1, 0.15) is 5.41 Å². The highest BCUT2D eigenvalue weighted by atomic mass is 28.4. The molecule has 0 N–H and O–H groups in total. The molecule has 136 valence electrons. The molecule has 2 nitrogen and oxygen atoms in total. The fraction of sp³-hybridized carbons (Fsp3) is 0.208. The van der Waals surface area contributed by atoms with Crippen molar-refractivity contribution in [3.8, 4) is 6.07 Å². The topological polar surface area (TPSA) is 33.0 Å². The van der Waals surface area contributed by atoms with Crippen molar-refractivity contribution in [2.24, 2.45) is 0 Å². The summed E-state index contributed by atoms with van der Waals surface area (Å²) in [6.45, 7) is 6.50. The lowest BCUT2D eigenvalue weighted by molar-refractivity contribution is 0.149. The maximum absolute atomic E-state index is 10.6. The van der Waals surface area contributed by atoms with E-state index in [-0.39, 0.29) is 6.10 Å². The molecule has 27 heavy (non-hydrogen) atoms. The van der Waals surface area contributed by atoms with Crippen LogP contribution in [0, 0.1) is 11.3 Å². The molecule has 0 radical (unpaired) electrons. The molecule has 0 saturated heterocycles. The van der Waals surface area contributed by atoms with E-state index in [9.17, 15) is 5.26 Å². The Hall–Kier alpha value is -2.67. The number of rotatable bonds is 6. The van der Waals surface area contributed by atoms with Gasteiger partial charge in [0.05, 0.1) is 12.2 Å². The maximum Gasteiger partial charge on any atom is 0.184 e. The van der Waals surface area contributed by atoms with E-state index in [1.54, 1.807) is 0 Å². The van der Waals surface area contributed by atoms with Crippen LogP contribution in [0.2, 0.25) is 19.6 Å². The maximum atomic E-state index is 10.6. The highest BCUT2D eigenvalue weighted by Crippen LogP contribution is 2.46. The van der Waals surface area contributed by atoms with Crippen LogP contribution >= 0.6 is 0 Å². The molecule has 0 aliphatic rings. The van der Waals surface area contributed by atoms with Gasteiger partial charge < -0.3 is 4.43 Å². The van der Waals surface area contributed by atoms with E-state index in [4.69, 9.17) is 4.43 Å². The minimum atomic E-state index is -1.95. The third-order valence-electron chi connectivity index (χ3n) is 4.60. The highest BCUT2D eigenvalue weighted by Gasteiger charge is 2.46. The summed E-state index contributed by atoms with van der Waals surface area (Å²) in [5.74, 6) is 0. The van der Waals surface area contributed by atoms with Crippen molar-refractivity contribution in [2.45, 2.75) is 31.2 Å². The first kappa shape index (κ1) is 19.1. The summed E-state index contributed by atoms with van der Waals surface area (Å²) in [4.78, 5) is 0. The Balaban J connectivity index is 2.31. The summed E-state index contributed by atoms with van der Waals surface area (Å²) in [7, 11) is -1.95. The van der Waals surface area contributed by atoms with E-state index < -0.39 is 13.7 Å². The Morgan fingerprint density at radius 2 is 1.15 bits per heavy atom. The molecule has 0 aliphatic heterocycles. The second kappa shape index (κ2) is 7.92. The van der Waals surface area contributed by atoms with Crippen LogP contribution < -0.4 is 0 Å². The zero-order chi connectivity index (χ0) is 19.3. The Labute approximate surface area is 163 Å². The molecule has 0 spiro atoms. The zero-order valence-corrected chi connectivity index (χ0v) is 17.1. The zero-order valence-electron chi connectivity index (χ0n) is 16.1. The van der Waals surface area contributed by atoms with Gasteiger partial charge in [-0.2, -0.15) is 5.26 Å². The predicted octanol–water partition coefficient (Wildman–Crippen LogP) is 6.09. The van der Waals surface area contributed by atoms with Crippen LogP contribution in [-0.4, -0.2) is 8.32 Å². The van der Waals surface area contributed by atoms with E-state index in [2.05, 4.69) is 37.8 Å². The number of benzene rings is 3. The van der Waals surface area contributed by atoms with Crippen LogP contribution in [0.15, 0.2) is 91.0 Å². The van der Waals surface area contributed by atoms with Gasteiger partial charge in [-0.3, -0.25) is 0 Å². The molecular weight excluding hydrogens is 346 g/mol. The normalized spacial score (nSPS) is 13.0. The minimum absolute atomic E-state index is 0.389. The van der Waals surface area contributed by atoms with Gasteiger partial charge in [0.2, 0.25) is 0 Å². The van der Waals surface area contributed by atoms with Crippen molar-refractivity contribution < 1.29 is 4.43 Å². The average Bonchev–Trinajstić information content (AvgIpc) is 2.70. The second-order valence-electron chi connectivity index (χ2n) is 7.67. The number of nitrogens with zero attached hydrogens (tertiary/aromatic N) is 1. The van der Waals surface area contributed by atoms with Gasteiger partial charge in [0.25, 0.3) is 0 Å². The fourth-order valence-electron chi connectivity index (χ4n) is 3.45. The van der Waals surface area contributed by atoms with E-state index in [0.717, 1.165) is 16.7 Å². The van der Waals surface area contributed by atoms with Gasteiger partial charge in [-0.05, 0) is 36.3 Å². The summed E-state index contributed by atoms with van der Waals surface area (Å²) in [5, 5.41) is 10.6. The van der Waals surface area contributed by atoms with Gasteiger partial charge in [-0.1, -0.05) is 91.0 Å². The predicted molar refractivity (Wildman–Crippen MR) is 113 cm³/mol. The van der Waals surface area contributed by atoms with Crippen LogP contribution in [0.1, 0.15) is 22.8 Å². The molecule has 3 aromatic rings. The SMILES string of the molecule is C[Si](C)(C)OC(c1ccccc1)C(C#N)(c1ccccc1)c1ccccc1. The smallest absolute Gasteiger partial charge is 0.184 e. The first-order chi connectivity index (χ1) is 13.0. The summed E-state index contributed by atoms with van der Waals surface area (Å²) in [6.07, 6.45) is -0.389. The van der Waals surface area contributed by atoms with E-state index in [0.29, 0.717) is 0 Å². The fourth-order valence-corrected chi connectivity index (χ4v) is 4.47. The largest absolute Gasteiger partial charge is 0.408 e. The Morgan fingerprint density at radius 1 is 0.741 bits per heavy atom. The monoisotopic (exact) mass is 371 g/mol. The average molecular weight is 372 g/mol. The van der Waals surface area contributed by atoms with E-state index >= 15 is 0 Å². The standard InChI is InChI=1S/C24H25NOSi/c1-27(2,3)26-23(20-13-7-4-8-14-20)24(19-25,21-15-9-5-10-16-21)22-17-11-6-12-18-22/h4-18,23H,1-3H3. The summed E-state index contributed by atoms with van der Waals surface area (Å²) in [6, 6.07) is 32.8. The van der Waals surface area contributed by atoms with Gasteiger partial charge >= 0.3 is 0 Å². The molecule has 3 aromatic carbocycles. The van der Waals surface area contributed by atoms with Gasteiger partial charge in [-0.15, -0.1) is 0 Å². The molecule has 0 aliphatic carbocycles. The summed E-state index contributed by atoms with van der Waals surface area (Å²) >= 11 is 0. The molecule has 0 aromatic heterocycles. The van der Waals surface area contributed by atoms with Crippen LogP contribution in [0.3, 0.4) is 0 Å². The first-order valence-electron chi connectivity index (χ1n) is 9.22. The third-order valence-corrected chi connectivity index (χ3v) is 5.54. The van der Waals surface area contributed by atoms with Crippen molar-refractivity contribution in [3.63, 3.8) is 0 Å². The number of hydrogen-bond acceptors (Lipinski definition) is 2. The van der Waals surface area contributed by atoms with Crippen molar-refractivity contribution >= 4 is 8.32 Å². The molecule has 3 rings (SSSR count). The molecule has 0 amide bonds. The van der Waals surface area contributed by atoms with Crippen LogP contribution in [0.5, 0.6) is 0 Å². The molecule has 3 heteroatoms. The van der Waals surface area contributed by atoms with Crippen molar-refractivity contribution in [2.75, 3.05) is 0 Å². The molecule has 1 unspecified atom stereocenters. The van der Waals surface area contributed by atoms with Crippen molar-refractivity contribution in [1.29, 1.82) is 5.26 Å². The van der Waals surface area contributed by atoms with Crippen LogP contribution in [0.4, 0.5) is 0 Å². The van der Waals surface area contributed by atoms with Crippen LogP contribution in [-0.2, 0) is 9.84 Å². The Kier molecular flexibility index (Phi) is 5.60. The van der Waals surface area contributed by atoms with E-state index in [1.165, 1.54) is 0 Å². The first-order valence-corrected chi connectivity index (χ1v) is 12.6. The third kappa shape index (κ3) is 4.03. The molecule has 0 fully saturated rings. The molecular formula is C24H25NOSi. The summed E-state index contributed by atoms with van der Waals surface area (Å²) in [5.41, 5.74) is 2.00. The minimum Gasteiger partial charge on any atom is -0.408 e. The second-order valence-corrected chi connectivity index (χ2v) is 12.1. The quantitative estimate of drug-likeness (QED) is 0.491. The molecule has 0 heterocycles. The molecule has 0 saturated carbocycles. The van der Waals surface area contributed by atoms with Gasteiger partial charge in [-0.25, -0.2) is 0 Å². The lowest BCUT2D eigenvalue weighted by atomic mass is 9.69. The van der Waals surface area contributed by atoms with Crippen molar-refractivity contribution in [3.05, 3.63) is 108 Å². The van der Waals surface area contributed by atoms with E-state index in [1.807, 2.05) is 78.9 Å². The Morgan fingerprint density at radius 3 is 1.52 bits per heavy atom. The van der Waals surface area contributed by atoms with Gasteiger partial charge in [0.15, 0.2) is 8.32 Å². The lowest BCUT2D eigenvalue weighted by Gasteiger charge is -2.39. The highest BCUT2D eigenvalue weighted by molar-refractivity contribution is 6.69. The summed E-state index contributed by atoms with van der Waals surface area (Å²) < 4.78 is 6.71. The van der Waals surface area contributed by atoms with Gasteiger partial charge in [0, 0.05) is 0 Å². The lowest BCUT2D eigenvalue weighted by Crippen LogP contribution is -2.41. The number of hydrogen-bond donors (Lipinski definition) is 0. The molecule has 0 bridgehead atoms. The number of nitriles is 1. The van der Waals surface area contributed by atoms with Crippen molar-refractivity contribution in [1.82, 2.24) is 0 Å². The Bertz CT molecular complexity index is 856.